The third-order valence-electron chi connectivity index (χ3n) is 5.91. The predicted octanol–water partition coefficient (Wildman–Crippen LogP) is 5.05. The number of hydrogen-bond donors (Lipinski definition) is 4. The number of benzene rings is 2. The number of carbonyl (C=O) groups is 1. The minimum atomic E-state index is -4.62. The molecule has 3 aromatic rings. The summed E-state index contributed by atoms with van der Waals surface area (Å²) in [6.45, 7) is 1.02. The molecule has 0 saturated carbocycles. The highest BCUT2D eigenvalue weighted by Crippen LogP contribution is 2.39. The normalized spacial score (nSPS) is 14.5. The third-order valence-corrected chi connectivity index (χ3v) is 6.15. The molecule has 0 bridgehead atoms. The van der Waals surface area contributed by atoms with E-state index in [4.69, 9.17) is 11.6 Å². The largest absolute Gasteiger partial charge is 0.418 e. The number of aromatic nitrogens is 1. The van der Waals surface area contributed by atoms with Crippen LogP contribution < -0.4 is 21.1 Å². The Bertz CT molecular complexity index is 1310. The topological polar surface area (TPSA) is 97.5 Å². The van der Waals surface area contributed by atoms with Crippen LogP contribution in [0.4, 0.5) is 30.2 Å². The fourth-order valence-corrected chi connectivity index (χ4v) is 4.36. The molecule has 2 aromatic carbocycles. The minimum absolute atomic E-state index is 0.0488. The van der Waals surface area contributed by atoms with Gasteiger partial charge in [0.1, 0.15) is 5.56 Å². The average Bonchev–Trinajstić information content (AvgIpc) is 3.37. The first-order valence-corrected chi connectivity index (χ1v) is 11.7. The molecule has 11 heteroatoms. The fourth-order valence-electron chi connectivity index (χ4n) is 4.16. The minimum Gasteiger partial charge on any atom is -0.387 e. The molecule has 190 valence electrons. The molecule has 4 N–H and O–H groups in total. The van der Waals surface area contributed by atoms with Crippen molar-refractivity contribution in [3.05, 3.63) is 86.8 Å². The Morgan fingerprint density at radius 2 is 1.89 bits per heavy atom. The zero-order valence-electron chi connectivity index (χ0n) is 19.0. The molecule has 0 aliphatic carbocycles. The molecule has 0 radical (unpaired) electrons. The van der Waals surface area contributed by atoms with Gasteiger partial charge in [-0.1, -0.05) is 23.7 Å². The van der Waals surface area contributed by atoms with Crippen LogP contribution >= 0.6 is 11.6 Å². The molecule has 2 heterocycles. The Morgan fingerprint density at radius 1 is 1.14 bits per heavy atom. The smallest absolute Gasteiger partial charge is 0.387 e. The van der Waals surface area contributed by atoms with Gasteiger partial charge in [-0.2, -0.15) is 13.2 Å². The summed E-state index contributed by atoms with van der Waals surface area (Å²) in [6, 6.07) is 11.6. The molecule has 1 aliphatic rings. The van der Waals surface area contributed by atoms with Gasteiger partial charge in [0.2, 0.25) is 0 Å². The second-order valence-electron chi connectivity index (χ2n) is 8.43. The van der Waals surface area contributed by atoms with Gasteiger partial charge in [-0.05, 0) is 54.8 Å². The van der Waals surface area contributed by atoms with E-state index in [1.165, 1.54) is 24.4 Å². The standard InChI is InChI=1S/C25H24ClF3N4O3/c26-16-5-3-4-15(12-16)21(34)14-31-19-8-9-30-23(35)22(19)24(36)32-17-6-7-20(33-10-1-2-11-33)18(13-17)25(27,28)29/h3-9,12-13,21,34H,1-2,10-11,14H2,(H,32,36)(H2,30,31,35)/t21-/m1/s1. The van der Waals surface area contributed by atoms with E-state index in [1.807, 2.05) is 0 Å². The number of amides is 1. The predicted molar refractivity (Wildman–Crippen MR) is 133 cm³/mol. The number of hydrogen-bond acceptors (Lipinski definition) is 5. The number of aliphatic hydroxyl groups is 1. The van der Waals surface area contributed by atoms with Crippen LogP contribution in [0.1, 0.15) is 40.4 Å². The number of alkyl halides is 3. The second-order valence-corrected chi connectivity index (χ2v) is 8.86. The van der Waals surface area contributed by atoms with Crippen LogP contribution in [0.3, 0.4) is 0 Å². The van der Waals surface area contributed by atoms with Crippen molar-refractivity contribution in [3.63, 3.8) is 0 Å². The zero-order valence-corrected chi connectivity index (χ0v) is 19.8. The summed E-state index contributed by atoms with van der Waals surface area (Å²) in [6.07, 6.45) is -2.67. The number of pyridine rings is 1. The van der Waals surface area contributed by atoms with Crippen molar-refractivity contribution in [2.24, 2.45) is 0 Å². The third kappa shape index (κ3) is 5.83. The number of nitrogens with zero attached hydrogens (tertiary/aromatic N) is 1. The second kappa shape index (κ2) is 10.6. The summed E-state index contributed by atoms with van der Waals surface area (Å²) in [5.41, 5.74) is -1.30. The maximum absolute atomic E-state index is 13.8. The van der Waals surface area contributed by atoms with Gasteiger partial charge >= 0.3 is 6.18 Å². The highest BCUT2D eigenvalue weighted by Gasteiger charge is 2.36. The highest BCUT2D eigenvalue weighted by molar-refractivity contribution is 6.30. The first-order valence-electron chi connectivity index (χ1n) is 11.3. The molecule has 0 spiro atoms. The van der Waals surface area contributed by atoms with Gasteiger partial charge in [0, 0.05) is 42.2 Å². The van der Waals surface area contributed by atoms with Gasteiger partial charge in [0.15, 0.2) is 0 Å². The molecular weight excluding hydrogens is 497 g/mol. The number of aromatic amines is 1. The van der Waals surface area contributed by atoms with Crippen LogP contribution in [0.15, 0.2) is 59.5 Å². The summed E-state index contributed by atoms with van der Waals surface area (Å²) in [7, 11) is 0. The summed E-state index contributed by atoms with van der Waals surface area (Å²) >= 11 is 5.95. The maximum Gasteiger partial charge on any atom is 0.418 e. The molecule has 7 nitrogen and oxygen atoms in total. The average molecular weight is 521 g/mol. The molecule has 4 rings (SSSR count). The van der Waals surface area contributed by atoms with Gasteiger partial charge in [-0.3, -0.25) is 9.59 Å². The summed E-state index contributed by atoms with van der Waals surface area (Å²) in [5.74, 6) is -0.890. The molecule has 1 aromatic heterocycles. The number of nitrogens with one attached hydrogen (secondary N) is 3. The molecule has 1 saturated heterocycles. The van der Waals surface area contributed by atoms with Crippen molar-refractivity contribution in [3.8, 4) is 0 Å². The van der Waals surface area contributed by atoms with Crippen LogP contribution in [0.2, 0.25) is 5.02 Å². The SMILES string of the molecule is O=C(Nc1ccc(N2CCCC2)c(C(F)(F)F)c1)c1c(NC[C@@H](O)c2cccc(Cl)c2)cc[nH]c1=O. The lowest BCUT2D eigenvalue weighted by Crippen LogP contribution is -2.26. The van der Waals surface area contributed by atoms with E-state index < -0.39 is 29.3 Å². The van der Waals surface area contributed by atoms with Gasteiger partial charge < -0.3 is 25.6 Å². The first kappa shape index (κ1) is 25.6. The van der Waals surface area contributed by atoms with Crippen molar-refractivity contribution in [1.82, 2.24) is 4.98 Å². The zero-order chi connectivity index (χ0) is 25.9. The van der Waals surface area contributed by atoms with Crippen LogP contribution in [0.25, 0.3) is 0 Å². The lowest BCUT2D eigenvalue weighted by molar-refractivity contribution is -0.137. The molecular formula is C25H24ClF3N4O3. The fraction of sp³-hybridized carbons (Fsp3) is 0.280. The Labute approximate surface area is 209 Å². The molecule has 1 fully saturated rings. The molecule has 1 aliphatic heterocycles. The van der Waals surface area contributed by atoms with E-state index in [0.29, 0.717) is 23.7 Å². The van der Waals surface area contributed by atoms with E-state index in [0.717, 1.165) is 18.9 Å². The number of H-pyrrole nitrogens is 1. The summed E-state index contributed by atoms with van der Waals surface area (Å²) in [5, 5.41) is 16.1. The first-order chi connectivity index (χ1) is 17.1. The van der Waals surface area contributed by atoms with Crippen LogP contribution in [-0.2, 0) is 6.18 Å². The van der Waals surface area contributed by atoms with Crippen molar-refractivity contribution < 1.29 is 23.1 Å². The van der Waals surface area contributed by atoms with E-state index >= 15 is 0 Å². The number of rotatable bonds is 7. The molecule has 1 amide bonds. The van der Waals surface area contributed by atoms with E-state index in [-0.39, 0.29) is 29.2 Å². The van der Waals surface area contributed by atoms with Crippen LogP contribution in [-0.4, -0.2) is 35.6 Å². The van der Waals surface area contributed by atoms with Gasteiger partial charge in [-0.15, -0.1) is 0 Å². The van der Waals surface area contributed by atoms with Crippen molar-refractivity contribution >= 4 is 34.6 Å². The van der Waals surface area contributed by atoms with E-state index in [1.54, 1.807) is 29.2 Å². The molecule has 1 atom stereocenters. The number of anilines is 3. The van der Waals surface area contributed by atoms with Crippen molar-refractivity contribution in [2.75, 3.05) is 35.2 Å². The Morgan fingerprint density at radius 3 is 2.58 bits per heavy atom. The van der Waals surface area contributed by atoms with Crippen molar-refractivity contribution in [1.29, 1.82) is 0 Å². The van der Waals surface area contributed by atoms with Gasteiger partial charge in [-0.25, -0.2) is 0 Å². The Hall–Kier alpha value is -3.50. The number of halogens is 4. The molecule has 0 unspecified atom stereocenters. The summed E-state index contributed by atoms with van der Waals surface area (Å²) in [4.78, 5) is 29.5. The van der Waals surface area contributed by atoms with E-state index in [2.05, 4.69) is 15.6 Å². The van der Waals surface area contributed by atoms with Gasteiger partial charge in [0.05, 0.1) is 17.4 Å². The monoisotopic (exact) mass is 520 g/mol. The number of carbonyl (C=O) groups excluding carboxylic acids is 1. The van der Waals surface area contributed by atoms with Crippen LogP contribution in [0, 0.1) is 0 Å². The van der Waals surface area contributed by atoms with Crippen LogP contribution in [0.5, 0.6) is 0 Å². The maximum atomic E-state index is 13.8. The lowest BCUT2D eigenvalue weighted by Gasteiger charge is -2.23. The van der Waals surface area contributed by atoms with E-state index in [9.17, 15) is 27.9 Å². The molecule has 36 heavy (non-hydrogen) atoms. The van der Waals surface area contributed by atoms with Crippen molar-refractivity contribution in [2.45, 2.75) is 25.1 Å². The Kier molecular flexibility index (Phi) is 7.56. The summed E-state index contributed by atoms with van der Waals surface area (Å²) < 4.78 is 41.3. The Balaban J connectivity index is 1.55. The quantitative estimate of drug-likeness (QED) is 0.350. The lowest BCUT2D eigenvalue weighted by atomic mass is 10.1. The highest BCUT2D eigenvalue weighted by atomic mass is 35.5. The van der Waals surface area contributed by atoms with Gasteiger partial charge in [0.25, 0.3) is 11.5 Å². The number of aliphatic hydroxyl groups excluding tert-OH is 1.